The molecule has 19 heavy (non-hydrogen) atoms. The summed E-state index contributed by atoms with van der Waals surface area (Å²) in [5.74, 6) is 0. The molecule has 0 aromatic carbocycles. The van der Waals surface area contributed by atoms with Crippen molar-refractivity contribution in [1.29, 1.82) is 5.26 Å². The van der Waals surface area contributed by atoms with Crippen molar-refractivity contribution in [3.8, 4) is 6.07 Å². The summed E-state index contributed by atoms with van der Waals surface area (Å²) in [5, 5.41) is 15.3. The van der Waals surface area contributed by atoms with Gasteiger partial charge in [-0.1, -0.05) is 0 Å². The summed E-state index contributed by atoms with van der Waals surface area (Å²) in [6.07, 6.45) is 4.54. The van der Waals surface area contributed by atoms with Crippen LogP contribution in [0.2, 0.25) is 0 Å². The summed E-state index contributed by atoms with van der Waals surface area (Å²) in [6, 6.07) is 4.63. The summed E-state index contributed by atoms with van der Waals surface area (Å²) in [7, 11) is -2.31. The number of aromatic amines is 1. The van der Waals surface area contributed by atoms with Crippen LogP contribution < -0.4 is 0 Å². The van der Waals surface area contributed by atoms with Crippen LogP contribution in [0.5, 0.6) is 0 Å². The zero-order chi connectivity index (χ0) is 13.9. The monoisotopic (exact) mass is 277 g/mol. The van der Waals surface area contributed by atoms with Gasteiger partial charge in [-0.05, 0) is 12.1 Å². The van der Waals surface area contributed by atoms with E-state index in [-0.39, 0.29) is 17.1 Å². The summed E-state index contributed by atoms with van der Waals surface area (Å²) in [4.78, 5) is 3.66. The fourth-order valence-corrected chi connectivity index (χ4v) is 2.80. The highest BCUT2D eigenvalue weighted by Crippen LogP contribution is 2.18. The molecule has 0 aliphatic rings. The largest absolute Gasteiger partial charge is 0.285 e. The van der Waals surface area contributed by atoms with Gasteiger partial charge in [-0.25, -0.2) is 13.4 Å². The maximum absolute atomic E-state index is 12.3. The number of pyridine rings is 1. The van der Waals surface area contributed by atoms with Crippen molar-refractivity contribution >= 4 is 10.0 Å². The molecule has 0 aliphatic carbocycles. The van der Waals surface area contributed by atoms with Gasteiger partial charge in [-0.3, -0.25) is 5.10 Å². The van der Waals surface area contributed by atoms with E-state index in [0.29, 0.717) is 0 Å². The summed E-state index contributed by atoms with van der Waals surface area (Å²) >= 11 is 0. The van der Waals surface area contributed by atoms with Gasteiger partial charge >= 0.3 is 0 Å². The quantitative estimate of drug-likeness (QED) is 0.876. The number of nitriles is 1. The lowest BCUT2D eigenvalue weighted by Crippen LogP contribution is -2.27. The van der Waals surface area contributed by atoms with Gasteiger partial charge in [0, 0.05) is 31.5 Å². The lowest BCUT2D eigenvalue weighted by Gasteiger charge is -2.16. The van der Waals surface area contributed by atoms with Crippen LogP contribution in [0.1, 0.15) is 11.3 Å². The lowest BCUT2D eigenvalue weighted by atomic mass is 10.4. The number of nitrogens with zero attached hydrogens (tertiary/aromatic N) is 4. The molecular weight excluding hydrogens is 266 g/mol. The average molecular weight is 277 g/mol. The zero-order valence-electron chi connectivity index (χ0n) is 10.1. The Bertz CT molecular complexity index is 703. The van der Waals surface area contributed by atoms with Crippen LogP contribution in [0.4, 0.5) is 0 Å². The molecule has 2 aromatic heterocycles. The number of aromatic nitrogens is 3. The highest BCUT2D eigenvalue weighted by molar-refractivity contribution is 7.89. The minimum absolute atomic E-state index is 0.0940. The van der Waals surface area contributed by atoms with Gasteiger partial charge in [0.1, 0.15) is 11.0 Å². The van der Waals surface area contributed by atoms with Crippen LogP contribution in [0.3, 0.4) is 0 Å². The van der Waals surface area contributed by atoms with Crippen molar-refractivity contribution in [1.82, 2.24) is 19.5 Å². The van der Waals surface area contributed by atoms with Crippen molar-refractivity contribution in [2.75, 3.05) is 7.05 Å². The van der Waals surface area contributed by atoms with E-state index in [4.69, 9.17) is 5.26 Å². The SMILES string of the molecule is CN(Cc1cn[nH]c1)S(=O)(=O)c1cccnc1C#N. The normalized spacial score (nSPS) is 11.4. The van der Waals surface area contributed by atoms with E-state index < -0.39 is 10.0 Å². The van der Waals surface area contributed by atoms with E-state index in [1.54, 1.807) is 18.5 Å². The second-order valence-electron chi connectivity index (χ2n) is 3.83. The molecule has 7 nitrogen and oxygen atoms in total. The molecule has 0 aliphatic heterocycles. The summed E-state index contributed by atoms with van der Waals surface area (Å²) < 4.78 is 25.8. The number of hydrogen-bond donors (Lipinski definition) is 1. The van der Waals surface area contributed by atoms with Crippen LogP contribution in [0.25, 0.3) is 0 Å². The van der Waals surface area contributed by atoms with Crippen molar-refractivity contribution in [2.45, 2.75) is 11.4 Å². The van der Waals surface area contributed by atoms with E-state index in [1.165, 1.54) is 25.4 Å². The Morgan fingerprint density at radius 3 is 2.95 bits per heavy atom. The van der Waals surface area contributed by atoms with E-state index in [1.807, 2.05) is 0 Å². The van der Waals surface area contributed by atoms with Crippen molar-refractivity contribution < 1.29 is 8.42 Å². The van der Waals surface area contributed by atoms with E-state index in [9.17, 15) is 8.42 Å². The minimum Gasteiger partial charge on any atom is -0.285 e. The molecule has 0 bridgehead atoms. The number of H-pyrrole nitrogens is 1. The van der Waals surface area contributed by atoms with Gasteiger partial charge in [-0.15, -0.1) is 0 Å². The van der Waals surface area contributed by atoms with Gasteiger partial charge in [0.25, 0.3) is 0 Å². The highest BCUT2D eigenvalue weighted by atomic mass is 32.2. The minimum atomic E-state index is -3.75. The molecule has 0 unspecified atom stereocenters. The van der Waals surface area contributed by atoms with Gasteiger partial charge in [0.15, 0.2) is 5.69 Å². The number of hydrogen-bond acceptors (Lipinski definition) is 5. The van der Waals surface area contributed by atoms with Crippen molar-refractivity contribution in [3.63, 3.8) is 0 Å². The number of rotatable bonds is 4. The van der Waals surface area contributed by atoms with Gasteiger partial charge < -0.3 is 0 Å². The van der Waals surface area contributed by atoms with E-state index in [2.05, 4.69) is 15.2 Å². The first-order valence-corrected chi connectivity index (χ1v) is 6.79. The first-order chi connectivity index (χ1) is 9.05. The molecule has 2 rings (SSSR count). The molecule has 8 heteroatoms. The third-order valence-corrected chi connectivity index (χ3v) is 4.36. The maximum atomic E-state index is 12.3. The molecular formula is C11H11N5O2S. The molecule has 98 valence electrons. The zero-order valence-corrected chi connectivity index (χ0v) is 10.9. The molecule has 1 N–H and O–H groups in total. The van der Waals surface area contributed by atoms with Crippen LogP contribution in [-0.4, -0.2) is 35.0 Å². The van der Waals surface area contributed by atoms with Crippen molar-refractivity contribution in [2.24, 2.45) is 0 Å². The Balaban J connectivity index is 2.34. The van der Waals surface area contributed by atoms with Crippen LogP contribution in [0, 0.1) is 11.3 Å². The molecule has 0 amide bonds. The Kier molecular flexibility index (Phi) is 3.59. The maximum Gasteiger partial charge on any atom is 0.246 e. The first-order valence-electron chi connectivity index (χ1n) is 5.35. The van der Waals surface area contributed by atoms with E-state index in [0.717, 1.165) is 9.87 Å². The highest BCUT2D eigenvalue weighted by Gasteiger charge is 2.24. The molecule has 0 saturated heterocycles. The standard InChI is InChI=1S/C11H11N5O2S/c1-16(8-9-6-14-15-7-9)19(17,18)11-3-2-4-13-10(11)5-12/h2-4,6-7H,8H2,1H3,(H,14,15). The second-order valence-corrected chi connectivity index (χ2v) is 5.84. The molecule has 0 atom stereocenters. The predicted molar refractivity (Wildman–Crippen MR) is 66.2 cm³/mol. The summed E-state index contributed by atoms with van der Waals surface area (Å²) in [5.41, 5.74) is 0.620. The molecule has 0 radical (unpaired) electrons. The Morgan fingerprint density at radius 2 is 2.32 bits per heavy atom. The van der Waals surface area contributed by atoms with Gasteiger partial charge in [0.05, 0.1) is 6.20 Å². The molecule has 2 heterocycles. The van der Waals surface area contributed by atoms with E-state index >= 15 is 0 Å². The number of nitrogens with one attached hydrogen (secondary N) is 1. The molecule has 0 saturated carbocycles. The second kappa shape index (κ2) is 5.17. The first kappa shape index (κ1) is 13.2. The fraction of sp³-hybridized carbons (Fsp3) is 0.182. The Hall–Kier alpha value is -2.24. The Labute approximate surface area is 110 Å². The van der Waals surface area contributed by atoms with Gasteiger partial charge in [-0.2, -0.15) is 14.7 Å². The predicted octanol–water partition coefficient (Wildman–Crippen LogP) is 0.497. The van der Waals surface area contributed by atoms with Crippen molar-refractivity contribution in [3.05, 3.63) is 42.0 Å². The topological polar surface area (TPSA) is 103 Å². The van der Waals surface area contributed by atoms with Crippen LogP contribution in [0.15, 0.2) is 35.6 Å². The average Bonchev–Trinajstić information content (AvgIpc) is 2.91. The third kappa shape index (κ3) is 2.62. The van der Waals surface area contributed by atoms with Gasteiger partial charge in [0.2, 0.25) is 10.0 Å². The van der Waals surface area contributed by atoms with Crippen LogP contribution >= 0.6 is 0 Å². The third-order valence-electron chi connectivity index (χ3n) is 2.52. The number of sulfonamides is 1. The fourth-order valence-electron chi connectivity index (χ4n) is 1.56. The smallest absolute Gasteiger partial charge is 0.246 e. The summed E-state index contributed by atoms with van der Waals surface area (Å²) in [6.45, 7) is 0.165. The lowest BCUT2D eigenvalue weighted by molar-refractivity contribution is 0.466. The molecule has 0 fully saturated rings. The Morgan fingerprint density at radius 1 is 1.53 bits per heavy atom. The molecule has 0 spiro atoms. The molecule has 2 aromatic rings. The van der Waals surface area contributed by atoms with Crippen LogP contribution in [-0.2, 0) is 16.6 Å².